The van der Waals surface area contributed by atoms with Crippen LogP contribution in [-0.2, 0) is 15.1 Å². The van der Waals surface area contributed by atoms with Crippen LogP contribution in [0.25, 0.3) is 0 Å². The molecule has 0 bridgehead atoms. The molecule has 0 saturated heterocycles. The van der Waals surface area contributed by atoms with E-state index in [4.69, 9.17) is 5.73 Å². The van der Waals surface area contributed by atoms with Gasteiger partial charge in [0, 0.05) is 24.8 Å². The van der Waals surface area contributed by atoms with Crippen LogP contribution in [0.3, 0.4) is 0 Å². The average molecular weight is 427 g/mol. The predicted molar refractivity (Wildman–Crippen MR) is 111 cm³/mol. The molecule has 6 nitrogen and oxygen atoms in total. The highest BCUT2D eigenvalue weighted by Gasteiger charge is 2.51. The summed E-state index contributed by atoms with van der Waals surface area (Å²) >= 11 is 0. The number of likely N-dealkylation sites (N-methyl/N-ethyl adjacent to an activating group) is 1. The van der Waals surface area contributed by atoms with Gasteiger partial charge in [0.15, 0.2) is 11.5 Å². The average Bonchev–Trinajstić information content (AvgIpc) is 2.97. The van der Waals surface area contributed by atoms with Crippen LogP contribution in [0.5, 0.6) is 5.75 Å². The molecule has 1 fully saturated rings. The van der Waals surface area contributed by atoms with Crippen LogP contribution in [0.1, 0.15) is 42.9 Å². The fourth-order valence-corrected chi connectivity index (χ4v) is 4.34. The molecule has 1 heterocycles. The highest BCUT2D eigenvalue weighted by Crippen LogP contribution is 2.50. The van der Waals surface area contributed by atoms with Crippen LogP contribution in [0.15, 0.2) is 53.5 Å². The van der Waals surface area contributed by atoms with Gasteiger partial charge in [0.2, 0.25) is 0 Å². The number of Topliss-reactive ketones (excluding diaryl/α,β-unsaturated/α-hetero) is 1. The zero-order chi connectivity index (χ0) is 22.6. The number of rotatable bonds is 5. The lowest BCUT2D eigenvalue weighted by Crippen LogP contribution is -2.44. The maximum atomic E-state index is 13.4. The van der Waals surface area contributed by atoms with Gasteiger partial charge in [0.1, 0.15) is 11.5 Å². The van der Waals surface area contributed by atoms with Gasteiger partial charge in [-0.15, -0.1) is 0 Å². The first-order chi connectivity index (χ1) is 14.6. The number of halogens is 2. The van der Waals surface area contributed by atoms with E-state index in [-0.39, 0.29) is 29.3 Å². The fraction of sp³-hybridized carbons (Fsp3) is 0.348. The van der Waals surface area contributed by atoms with E-state index < -0.39 is 17.6 Å². The summed E-state index contributed by atoms with van der Waals surface area (Å²) < 4.78 is 29.5. The van der Waals surface area contributed by atoms with Gasteiger partial charge in [0.25, 0.3) is 5.91 Å². The molecule has 0 aromatic heterocycles. The Labute approximate surface area is 178 Å². The third-order valence-corrected chi connectivity index (χ3v) is 6.42. The van der Waals surface area contributed by atoms with Crippen molar-refractivity contribution in [2.24, 2.45) is 16.1 Å². The zero-order valence-corrected chi connectivity index (χ0v) is 17.4. The molecule has 2 unspecified atom stereocenters. The van der Waals surface area contributed by atoms with E-state index >= 15 is 0 Å². The minimum atomic E-state index is -2.95. The molecular weight excluding hydrogens is 404 g/mol. The summed E-state index contributed by atoms with van der Waals surface area (Å²) in [5, 5.41) is 0. The number of carbonyl (C=O) groups excluding carboxylic acids is 2. The Morgan fingerprint density at radius 1 is 1.13 bits per heavy atom. The van der Waals surface area contributed by atoms with Gasteiger partial charge in [-0.1, -0.05) is 50.2 Å². The van der Waals surface area contributed by atoms with Crippen molar-refractivity contribution in [1.29, 1.82) is 0 Å². The predicted octanol–water partition coefficient (Wildman–Crippen LogP) is 3.40. The van der Waals surface area contributed by atoms with Gasteiger partial charge in [-0.2, -0.15) is 8.78 Å². The summed E-state index contributed by atoms with van der Waals surface area (Å²) in [7, 11) is 1.54. The van der Waals surface area contributed by atoms with Crippen molar-refractivity contribution in [3.63, 3.8) is 0 Å². The van der Waals surface area contributed by atoms with Crippen LogP contribution in [0.2, 0.25) is 0 Å². The summed E-state index contributed by atoms with van der Waals surface area (Å²) in [5.41, 5.74) is 6.09. The van der Waals surface area contributed by atoms with E-state index in [9.17, 15) is 18.4 Å². The topological polar surface area (TPSA) is 85.0 Å². The van der Waals surface area contributed by atoms with Gasteiger partial charge in [-0.05, 0) is 28.8 Å². The van der Waals surface area contributed by atoms with Gasteiger partial charge < -0.3 is 10.5 Å². The number of hydrogen-bond donors (Lipinski definition) is 1. The third-order valence-electron chi connectivity index (χ3n) is 6.42. The molecule has 1 amide bonds. The molecule has 2 atom stereocenters. The molecule has 31 heavy (non-hydrogen) atoms. The van der Waals surface area contributed by atoms with Gasteiger partial charge >= 0.3 is 6.61 Å². The zero-order valence-electron chi connectivity index (χ0n) is 17.4. The Bertz CT molecular complexity index is 1080. The quantitative estimate of drug-likeness (QED) is 0.793. The van der Waals surface area contributed by atoms with Crippen LogP contribution in [0.4, 0.5) is 8.78 Å². The lowest BCUT2D eigenvalue weighted by molar-refractivity contribution is -0.138. The number of hydrogen-bond acceptors (Lipinski definition) is 5. The molecule has 162 valence electrons. The van der Waals surface area contributed by atoms with Crippen molar-refractivity contribution in [2.45, 2.75) is 38.3 Å². The van der Waals surface area contributed by atoms with Crippen LogP contribution in [0, 0.1) is 5.41 Å². The Balaban J connectivity index is 1.82. The number of nitrogens with zero attached hydrogens (tertiary/aromatic N) is 2. The SMILES string of the molecule is CN1C(=O)C(c2ccc(OC(F)F)cc2)(c2cccc(C3CC(=O)C3(C)C)c2)N=C1N. The molecule has 2 N–H and O–H groups in total. The molecule has 4 rings (SSSR count). The highest BCUT2D eigenvalue weighted by molar-refractivity contribution is 6.09. The van der Waals surface area contributed by atoms with E-state index in [1.165, 1.54) is 36.2 Å². The third kappa shape index (κ3) is 3.17. The monoisotopic (exact) mass is 427 g/mol. The van der Waals surface area contributed by atoms with Gasteiger partial charge in [0.05, 0.1) is 0 Å². The van der Waals surface area contributed by atoms with E-state index in [0.29, 0.717) is 17.5 Å². The number of aliphatic imine (C=N–C) groups is 1. The normalized spacial score (nSPS) is 24.9. The molecule has 1 aliphatic heterocycles. The molecule has 0 spiro atoms. The fourth-order valence-electron chi connectivity index (χ4n) is 4.34. The molecule has 2 aliphatic rings. The highest BCUT2D eigenvalue weighted by atomic mass is 19.3. The molecular formula is C23H23F2N3O3. The molecule has 1 saturated carbocycles. The summed E-state index contributed by atoms with van der Waals surface area (Å²) in [6.07, 6.45) is 0.447. The van der Waals surface area contributed by atoms with Crippen LogP contribution < -0.4 is 10.5 Å². The number of alkyl halides is 2. The van der Waals surface area contributed by atoms with Crippen LogP contribution in [-0.4, -0.2) is 36.2 Å². The maximum absolute atomic E-state index is 13.4. The molecule has 2 aromatic carbocycles. The van der Waals surface area contributed by atoms with Gasteiger partial charge in [-0.3, -0.25) is 14.5 Å². The van der Waals surface area contributed by atoms with Crippen molar-refractivity contribution in [2.75, 3.05) is 7.05 Å². The number of amides is 1. The number of nitrogens with two attached hydrogens (primary N) is 1. The number of guanidine groups is 1. The van der Waals surface area contributed by atoms with E-state index in [2.05, 4.69) is 9.73 Å². The van der Waals surface area contributed by atoms with Crippen LogP contribution >= 0.6 is 0 Å². The molecule has 8 heteroatoms. The smallest absolute Gasteiger partial charge is 0.387 e. The molecule has 2 aromatic rings. The second-order valence-corrected chi connectivity index (χ2v) is 8.47. The second-order valence-electron chi connectivity index (χ2n) is 8.47. The standard InChI is InChI=1S/C23H23F2N3O3/c1-22(2)17(12-18(22)29)13-5-4-6-15(11-13)23(19(30)28(3)21(26)27-23)14-7-9-16(10-8-14)31-20(24)25/h4-11,17,20H,12H2,1-3H3,(H2,26,27). The van der Waals surface area contributed by atoms with Crippen molar-refractivity contribution in [1.82, 2.24) is 4.90 Å². The summed E-state index contributed by atoms with van der Waals surface area (Å²) in [5.74, 6) is -0.0789. The van der Waals surface area contributed by atoms with E-state index in [1.807, 2.05) is 32.0 Å². The Morgan fingerprint density at radius 3 is 2.32 bits per heavy atom. The first-order valence-electron chi connectivity index (χ1n) is 9.90. The molecule has 1 aliphatic carbocycles. The minimum Gasteiger partial charge on any atom is -0.435 e. The van der Waals surface area contributed by atoms with E-state index in [0.717, 1.165) is 5.56 Å². The first kappa shape index (κ1) is 21.0. The van der Waals surface area contributed by atoms with Crippen molar-refractivity contribution < 1.29 is 23.1 Å². The van der Waals surface area contributed by atoms with Gasteiger partial charge in [-0.25, -0.2) is 4.99 Å². The second kappa shape index (κ2) is 7.14. The summed E-state index contributed by atoms with van der Waals surface area (Å²) in [4.78, 5) is 31.2. The van der Waals surface area contributed by atoms with Crippen molar-refractivity contribution >= 4 is 17.6 Å². The Morgan fingerprint density at radius 2 is 1.81 bits per heavy atom. The molecule has 0 radical (unpaired) electrons. The maximum Gasteiger partial charge on any atom is 0.387 e. The lowest BCUT2D eigenvalue weighted by atomic mass is 9.59. The van der Waals surface area contributed by atoms with Crippen molar-refractivity contribution in [3.8, 4) is 5.75 Å². The lowest BCUT2D eigenvalue weighted by Gasteiger charge is -2.43. The largest absolute Gasteiger partial charge is 0.435 e. The minimum absolute atomic E-state index is 0.0202. The number of ketones is 1. The van der Waals surface area contributed by atoms with E-state index in [1.54, 1.807) is 6.07 Å². The Hall–Kier alpha value is -3.29. The summed E-state index contributed by atoms with van der Waals surface area (Å²) in [6.45, 7) is 0.884. The van der Waals surface area contributed by atoms with Crippen molar-refractivity contribution in [3.05, 3.63) is 65.2 Å². The summed E-state index contributed by atoms with van der Waals surface area (Å²) in [6, 6.07) is 13.3. The number of ether oxygens (including phenoxy) is 1. The number of benzene rings is 2. The number of carbonyl (C=O) groups is 2. The first-order valence-corrected chi connectivity index (χ1v) is 9.90. The Kier molecular flexibility index (Phi) is 4.83.